The summed E-state index contributed by atoms with van der Waals surface area (Å²) >= 11 is 0. The van der Waals surface area contributed by atoms with E-state index in [0.717, 1.165) is 5.56 Å². The van der Waals surface area contributed by atoms with Crippen LogP contribution in [0.2, 0.25) is 0 Å². The lowest BCUT2D eigenvalue weighted by Gasteiger charge is -2.18. The highest BCUT2D eigenvalue weighted by atomic mass is 16.5. The maximum Gasteiger partial charge on any atom is 0.287 e. The summed E-state index contributed by atoms with van der Waals surface area (Å²) in [4.78, 5) is 25.4. The van der Waals surface area contributed by atoms with Crippen LogP contribution in [0.15, 0.2) is 77.4 Å². The molecule has 1 atom stereocenters. The molecule has 2 N–H and O–H groups in total. The van der Waals surface area contributed by atoms with Crippen LogP contribution in [0.1, 0.15) is 16.1 Å². The average molecular weight is 408 g/mol. The van der Waals surface area contributed by atoms with Crippen molar-refractivity contribution in [1.82, 2.24) is 5.32 Å². The van der Waals surface area contributed by atoms with Crippen molar-refractivity contribution in [2.24, 2.45) is 0 Å². The number of carbonyl (C=O) groups is 2. The van der Waals surface area contributed by atoms with Crippen LogP contribution in [0.3, 0.4) is 0 Å². The molecule has 3 rings (SSSR count). The highest BCUT2D eigenvalue weighted by Gasteiger charge is 2.23. The first-order valence-corrected chi connectivity index (χ1v) is 9.56. The second kappa shape index (κ2) is 10.8. The minimum Gasteiger partial charge on any atom is -0.491 e. The number of hydrogen-bond acceptors (Lipinski definition) is 5. The number of hydrogen-bond donors (Lipinski definition) is 2. The molecule has 7 nitrogen and oxygen atoms in total. The highest BCUT2D eigenvalue weighted by Crippen LogP contribution is 2.18. The predicted octanol–water partition coefficient (Wildman–Crippen LogP) is 3.28. The minimum atomic E-state index is -0.789. The van der Waals surface area contributed by atoms with Gasteiger partial charge in [0, 0.05) is 25.3 Å². The van der Waals surface area contributed by atoms with E-state index in [0.29, 0.717) is 31.1 Å². The average Bonchev–Trinajstić information content (AvgIpc) is 3.30. The van der Waals surface area contributed by atoms with Crippen molar-refractivity contribution >= 4 is 17.5 Å². The Hall–Kier alpha value is -3.58. The van der Waals surface area contributed by atoms with Gasteiger partial charge in [-0.15, -0.1) is 0 Å². The molecule has 1 unspecified atom stereocenters. The van der Waals surface area contributed by atoms with E-state index < -0.39 is 11.9 Å². The number of rotatable bonds is 10. The molecule has 0 aliphatic heterocycles. The van der Waals surface area contributed by atoms with E-state index in [9.17, 15) is 9.59 Å². The third-order valence-electron chi connectivity index (χ3n) is 4.31. The lowest BCUT2D eigenvalue weighted by molar-refractivity contribution is -0.118. The van der Waals surface area contributed by atoms with Crippen LogP contribution < -0.4 is 15.4 Å². The summed E-state index contributed by atoms with van der Waals surface area (Å²) in [5.74, 6) is -0.0287. The van der Waals surface area contributed by atoms with Crippen LogP contribution in [0, 0.1) is 0 Å². The Bertz CT molecular complexity index is 941. The van der Waals surface area contributed by atoms with Gasteiger partial charge in [-0.05, 0) is 29.8 Å². The van der Waals surface area contributed by atoms with Gasteiger partial charge >= 0.3 is 0 Å². The number of anilines is 1. The third kappa shape index (κ3) is 6.22. The standard InChI is InChI=1S/C23H24N2O5/c1-28-13-14-29-19-10-5-9-18(16-19)24-22(26)20(15-17-7-3-2-4-8-17)25-23(27)21-11-6-12-30-21/h2-12,16,20H,13-15H2,1H3,(H,24,26)(H,25,27). The van der Waals surface area contributed by atoms with Gasteiger partial charge in [-0.3, -0.25) is 9.59 Å². The molecule has 7 heteroatoms. The topological polar surface area (TPSA) is 89.8 Å². The van der Waals surface area contributed by atoms with E-state index in [2.05, 4.69) is 10.6 Å². The van der Waals surface area contributed by atoms with Gasteiger partial charge in [-0.25, -0.2) is 0 Å². The van der Waals surface area contributed by atoms with E-state index >= 15 is 0 Å². The van der Waals surface area contributed by atoms with Crippen LogP contribution in [-0.2, 0) is 16.0 Å². The van der Waals surface area contributed by atoms with Gasteiger partial charge in [0.2, 0.25) is 5.91 Å². The van der Waals surface area contributed by atoms with Gasteiger partial charge in [0.15, 0.2) is 5.76 Å². The Morgan fingerprint density at radius 1 is 1.00 bits per heavy atom. The summed E-state index contributed by atoms with van der Waals surface area (Å²) in [6, 6.07) is 18.9. The summed E-state index contributed by atoms with van der Waals surface area (Å²) < 4.78 is 15.7. The molecule has 0 radical (unpaired) electrons. The Morgan fingerprint density at radius 3 is 2.57 bits per heavy atom. The van der Waals surface area contributed by atoms with Crippen molar-refractivity contribution in [2.75, 3.05) is 25.6 Å². The molecular formula is C23H24N2O5. The minimum absolute atomic E-state index is 0.148. The number of benzene rings is 2. The Labute approximate surface area is 175 Å². The zero-order valence-corrected chi connectivity index (χ0v) is 16.7. The first-order valence-electron chi connectivity index (χ1n) is 9.56. The number of amides is 2. The molecule has 2 amide bonds. The van der Waals surface area contributed by atoms with E-state index in [1.54, 1.807) is 43.5 Å². The molecule has 3 aromatic rings. The van der Waals surface area contributed by atoms with Crippen molar-refractivity contribution < 1.29 is 23.5 Å². The zero-order chi connectivity index (χ0) is 21.2. The molecule has 0 fully saturated rings. The van der Waals surface area contributed by atoms with E-state index in [-0.39, 0.29) is 11.7 Å². The highest BCUT2D eigenvalue weighted by molar-refractivity contribution is 6.00. The van der Waals surface area contributed by atoms with Crippen molar-refractivity contribution in [3.63, 3.8) is 0 Å². The predicted molar refractivity (Wildman–Crippen MR) is 113 cm³/mol. The van der Waals surface area contributed by atoms with Crippen LogP contribution in [0.5, 0.6) is 5.75 Å². The summed E-state index contributed by atoms with van der Waals surface area (Å²) in [6.45, 7) is 0.873. The Morgan fingerprint density at radius 2 is 1.83 bits per heavy atom. The summed E-state index contributed by atoms with van der Waals surface area (Å²) in [7, 11) is 1.60. The first kappa shape index (κ1) is 21.1. The maximum absolute atomic E-state index is 13.0. The third-order valence-corrected chi connectivity index (χ3v) is 4.31. The molecular weight excluding hydrogens is 384 g/mol. The van der Waals surface area contributed by atoms with Crippen molar-refractivity contribution in [1.29, 1.82) is 0 Å². The summed E-state index contributed by atoms with van der Waals surface area (Å²) in [5, 5.41) is 5.60. The fourth-order valence-corrected chi connectivity index (χ4v) is 2.83. The lowest BCUT2D eigenvalue weighted by Crippen LogP contribution is -2.45. The van der Waals surface area contributed by atoms with Gasteiger partial charge in [0.05, 0.1) is 12.9 Å². The number of nitrogens with one attached hydrogen (secondary N) is 2. The van der Waals surface area contributed by atoms with Crippen LogP contribution in [0.4, 0.5) is 5.69 Å². The van der Waals surface area contributed by atoms with Crippen molar-refractivity contribution in [3.05, 3.63) is 84.3 Å². The SMILES string of the molecule is COCCOc1cccc(NC(=O)C(Cc2ccccc2)NC(=O)c2ccco2)c1. The maximum atomic E-state index is 13.0. The number of carbonyl (C=O) groups excluding carboxylic acids is 2. The normalized spacial score (nSPS) is 11.5. The Balaban J connectivity index is 1.71. The largest absolute Gasteiger partial charge is 0.491 e. The van der Waals surface area contributed by atoms with Gasteiger partial charge < -0.3 is 24.5 Å². The molecule has 0 saturated heterocycles. The van der Waals surface area contributed by atoms with Crippen LogP contribution in [-0.4, -0.2) is 38.2 Å². The quantitative estimate of drug-likeness (QED) is 0.503. The molecule has 30 heavy (non-hydrogen) atoms. The first-order chi connectivity index (χ1) is 14.7. The fraction of sp³-hybridized carbons (Fsp3) is 0.217. The smallest absolute Gasteiger partial charge is 0.287 e. The Kier molecular flexibility index (Phi) is 7.63. The van der Waals surface area contributed by atoms with E-state index in [4.69, 9.17) is 13.9 Å². The number of furan rings is 1. The van der Waals surface area contributed by atoms with Gasteiger partial charge in [0.25, 0.3) is 5.91 Å². The van der Waals surface area contributed by atoms with Crippen molar-refractivity contribution in [3.8, 4) is 5.75 Å². The molecule has 0 spiro atoms. The molecule has 1 heterocycles. The monoisotopic (exact) mass is 408 g/mol. The van der Waals surface area contributed by atoms with Crippen LogP contribution >= 0.6 is 0 Å². The molecule has 156 valence electrons. The zero-order valence-electron chi connectivity index (χ0n) is 16.7. The fourth-order valence-electron chi connectivity index (χ4n) is 2.83. The van der Waals surface area contributed by atoms with Crippen LogP contribution in [0.25, 0.3) is 0 Å². The van der Waals surface area contributed by atoms with Crippen molar-refractivity contribution in [2.45, 2.75) is 12.5 Å². The number of ether oxygens (including phenoxy) is 2. The van der Waals surface area contributed by atoms with Gasteiger partial charge in [0.1, 0.15) is 18.4 Å². The lowest BCUT2D eigenvalue weighted by atomic mass is 10.0. The second-order valence-electron chi connectivity index (χ2n) is 6.55. The summed E-state index contributed by atoms with van der Waals surface area (Å²) in [6.07, 6.45) is 1.75. The number of methoxy groups -OCH3 is 1. The molecule has 0 aliphatic carbocycles. The molecule has 0 aliphatic rings. The molecule has 0 saturated carbocycles. The molecule has 1 aromatic heterocycles. The molecule has 2 aromatic carbocycles. The molecule has 0 bridgehead atoms. The second-order valence-corrected chi connectivity index (χ2v) is 6.55. The summed E-state index contributed by atoms with van der Waals surface area (Å²) in [5.41, 5.74) is 1.49. The van der Waals surface area contributed by atoms with Gasteiger partial charge in [-0.1, -0.05) is 36.4 Å². The van der Waals surface area contributed by atoms with E-state index in [1.165, 1.54) is 6.26 Å². The van der Waals surface area contributed by atoms with Gasteiger partial charge in [-0.2, -0.15) is 0 Å². The van der Waals surface area contributed by atoms with E-state index in [1.807, 2.05) is 30.3 Å².